The van der Waals surface area contributed by atoms with Gasteiger partial charge in [0.05, 0.1) is 0 Å². The number of cyclic esters (lactones) is 1. The van der Waals surface area contributed by atoms with Crippen molar-refractivity contribution in [1.82, 2.24) is 10.2 Å². The summed E-state index contributed by atoms with van der Waals surface area (Å²) in [5, 5.41) is 12.0. The highest BCUT2D eigenvalue weighted by molar-refractivity contribution is 8.02. The van der Waals surface area contributed by atoms with Crippen molar-refractivity contribution in [2.45, 2.75) is 29.0 Å². The molecule has 1 fully saturated rings. The second-order valence-electron chi connectivity index (χ2n) is 6.03. The van der Waals surface area contributed by atoms with Crippen LogP contribution >= 0.6 is 23.1 Å². The average Bonchev–Trinajstić information content (AvgIpc) is 3.23. The Morgan fingerprint density at radius 3 is 2.56 bits per heavy atom. The fourth-order valence-electron chi connectivity index (χ4n) is 2.60. The molecule has 0 radical (unpaired) electrons. The van der Waals surface area contributed by atoms with Gasteiger partial charge in [0.1, 0.15) is 22.9 Å². The highest BCUT2D eigenvalue weighted by atomic mass is 32.2. The van der Waals surface area contributed by atoms with Gasteiger partial charge < -0.3 is 14.8 Å². The predicted octanol–water partition coefficient (Wildman–Crippen LogP) is 4.87. The monoisotopic (exact) mass is 399 g/mol. The molecule has 138 valence electrons. The number of esters is 1. The Morgan fingerprint density at radius 1 is 1.11 bits per heavy atom. The summed E-state index contributed by atoms with van der Waals surface area (Å²) in [4.78, 5) is 11.7. The van der Waals surface area contributed by atoms with E-state index in [1.54, 1.807) is 0 Å². The molecule has 1 N–H and O–H groups in total. The summed E-state index contributed by atoms with van der Waals surface area (Å²) in [6.07, 6.45) is 0.673. The first-order chi connectivity index (χ1) is 13.2. The van der Waals surface area contributed by atoms with Crippen molar-refractivity contribution in [3.8, 4) is 11.5 Å². The maximum atomic E-state index is 11.7. The summed E-state index contributed by atoms with van der Waals surface area (Å²) >= 11 is 2.82. The summed E-state index contributed by atoms with van der Waals surface area (Å²) in [5.41, 5.74) is 0.886. The zero-order valence-corrected chi connectivity index (χ0v) is 16.1. The van der Waals surface area contributed by atoms with Gasteiger partial charge in [-0.1, -0.05) is 41.3 Å². The number of hydrogen-bond acceptors (Lipinski definition) is 8. The molecule has 1 aromatic heterocycles. The Labute approximate surface area is 164 Å². The van der Waals surface area contributed by atoms with Crippen molar-refractivity contribution in [2.24, 2.45) is 0 Å². The fraction of sp³-hybridized carbons (Fsp3) is 0.211. The van der Waals surface area contributed by atoms with Crippen molar-refractivity contribution >= 4 is 39.9 Å². The number of ether oxygens (including phenoxy) is 2. The highest BCUT2D eigenvalue weighted by Gasteiger charge is 2.33. The number of rotatable bonds is 6. The Hall–Kier alpha value is -2.58. The van der Waals surface area contributed by atoms with E-state index in [4.69, 9.17) is 9.47 Å². The highest BCUT2D eigenvalue weighted by Crippen LogP contribution is 2.35. The minimum absolute atomic E-state index is 0.0304. The van der Waals surface area contributed by atoms with E-state index in [1.165, 1.54) is 23.1 Å². The van der Waals surface area contributed by atoms with Gasteiger partial charge in [0.2, 0.25) is 5.13 Å². The third-order valence-electron chi connectivity index (χ3n) is 3.86. The van der Waals surface area contributed by atoms with Crippen molar-refractivity contribution in [3.63, 3.8) is 0 Å². The van der Waals surface area contributed by atoms with E-state index in [-0.39, 0.29) is 17.3 Å². The fourth-order valence-corrected chi connectivity index (χ4v) is 4.73. The molecule has 3 aromatic rings. The van der Waals surface area contributed by atoms with Gasteiger partial charge in [0, 0.05) is 12.1 Å². The number of nitrogens with one attached hydrogen (secondary N) is 1. The van der Waals surface area contributed by atoms with E-state index in [2.05, 4.69) is 15.5 Å². The summed E-state index contributed by atoms with van der Waals surface area (Å²) in [6.45, 7) is 1.90. The molecular formula is C19H17N3O3S2. The third-order valence-corrected chi connectivity index (χ3v) is 5.98. The smallest absolute Gasteiger partial charge is 0.319 e. The zero-order valence-electron chi connectivity index (χ0n) is 14.5. The molecule has 1 aliphatic heterocycles. The Morgan fingerprint density at radius 2 is 1.85 bits per heavy atom. The van der Waals surface area contributed by atoms with E-state index in [1.807, 2.05) is 61.5 Å². The summed E-state index contributed by atoms with van der Waals surface area (Å²) in [6, 6.07) is 17.3. The first kappa shape index (κ1) is 17.8. The van der Waals surface area contributed by atoms with Crippen LogP contribution in [0.5, 0.6) is 11.5 Å². The van der Waals surface area contributed by atoms with E-state index in [0.29, 0.717) is 11.6 Å². The lowest BCUT2D eigenvalue weighted by Crippen LogP contribution is -2.08. The normalized spacial score (nSPS) is 18.9. The number of anilines is 2. The van der Waals surface area contributed by atoms with Crippen LogP contribution in [0.25, 0.3) is 0 Å². The van der Waals surface area contributed by atoms with Gasteiger partial charge in [0.15, 0.2) is 4.34 Å². The Kier molecular flexibility index (Phi) is 5.26. The van der Waals surface area contributed by atoms with Crippen molar-refractivity contribution in [3.05, 3.63) is 54.6 Å². The van der Waals surface area contributed by atoms with Gasteiger partial charge in [-0.15, -0.1) is 10.2 Å². The molecule has 2 aromatic carbocycles. The van der Waals surface area contributed by atoms with Crippen LogP contribution < -0.4 is 10.1 Å². The Balaban J connectivity index is 1.35. The minimum Gasteiger partial charge on any atom is -0.462 e. The molecular weight excluding hydrogens is 382 g/mol. The molecule has 1 saturated heterocycles. The lowest BCUT2D eigenvalue weighted by Gasteiger charge is -2.07. The lowest BCUT2D eigenvalue weighted by atomic mass is 10.3. The standard InChI is InChI=1S/C19H17N3O3S2/c1-12-11-16(17(23)24-12)26-19-22-21-18(27-19)20-13-7-9-15(10-8-13)25-14-5-3-2-4-6-14/h2-10,12,16H,11H2,1H3,(H,20,21)/t12-,16+/m0/s1. The molecule has 0 unspecified atom stereocenters. The lowest BCUT2D eigenvalue weighted by molar-refractivity contribution is -0.140. The van der Waals surface area contributed by atoms with E-state index >= 15 is 0 Å². The van der Waals surface area contributed by atoms with Crippen molar-refractivity contribution in [1.29, 1.82) is 0 Å². The van der Waals surface area contributed by atoms with Crippen LogP contribution in [0.15, 0.2) is 58.9 Å². The number of carbonyl (C=O) groups is 1. The van der Waals surface area contributed by atoms with Crippen LogP contribution in [0.2, 0.25) is 0 Å². The second-order valence-corrected chi connectivity index (χ2v) is 8.45. The molecule has 2 atom stereocenters. The molecule has 27 heavy (non-hydrogen) atoms. The van der Waals surface area contributed by atoms with Gasteiger partial charge in [-0.25, -0.2) is 0 Å². The van der Waals surface area contributed by atoms with Crippen LogP contribution in [-0.4, -0.2) is 27.5 Å². The summed E-state index contributed by atoms with van der Waals surface area (Å²) in [7, 11) is 0. The van der Waals surface area contributed by atoms with Crippen LogP contribution in [0.1, 0.15) is 13.3 Å². The third kappa shape index (κ3) is 4.58. The molecule has 0 bridgehead atoms. The van der Waals surface area contributed by atoms with E-state index in [9.17, 15) is 4.79 Å². The summed E-state index contributed by atoms with van der Waals surface area (Å²) < 4.78 is 11.7. The van der Waals surface area contributed by atoms with Crippen LogP contribution in [0.4, 0.5) is 10.8 Å². The number of aromatic nitrogens is 2. The first-order valence-electron chi connectivity index (χ1n) is 8.46. The number of benzene rings is 2. The topological polar surface area (TPSA) is 73.3 Å². The molecule has 0 amide bonds. The quantitative estimate of drug-likeness (QED) is 0.593. The maximum absolute atomic E-state index is 11.7. The number of nitrogens with zero attached hydrogens (tertiary/aromatic N) is 2. The number of thioether (sulfide) groups is 1. The number of hydrogen-bond donors (Lipinski definition) is 1. The van der Waals surface area contributed by atoms with Gasteiger partial charge >= 0.3 is 5.97 Å². The van der Waals surface area contributed by atoms with Gasteiger partial charge in [-0.3, -0.25) is 4.79 Å². The molecule has 0 aliphatic carbocycles. The van der Waals surface area contributed by atoms with Crippen LogP contribution in [-0.2, 0) is 9.53 Å². The van der Waals surface area contributed by atoms with Crippen molar-refractivity contribution in [2.75, 3.05) is 5.32 Å². The van der Waals surface area contributed by atoms with Gasteiger partial charge in [-0.2, -0.15) is 0 Å². The molecule has 4 rings (SSSR count). The first-order valence-corrected chi connectivity index (χ1v) is 10.2. The SMILES string of the molecule is C[C@H]1C[C@@H](Sc2nnc(Nc3ccc(Oc4ccccc4)cc3)s2)C(=O)O1. The van der Waals surface area contributed by atoms with Gasteiger partial charge in [-0.05, 0) is 43.3 Å². The average molecular weight is 399 g/mol. The number of para-hydroxylation sites is 1. The van der Waals surface area contributed by atoms with Crippen LogP contribution in [0, 0.1) is 0 Å². The molecule has 0 saturated carbocycles. The van der Waals surface area contributed by atoms with Crippen LogP contribution in [0.3, 0.4) is 0 Å². The van der Waals surface area contributed by atoms with E-state index in [0.717, 1.165) is 21.5 Å². The molecule has 0 spiro atoms. The molecule has 8 heteroatoms. The predicted molar refractivity (Wildman–Crippen MR) is 106 cm³/mol. The minimum atomic E-state index is -0.199. The largest absolute Gasteiger partial charge is 0.462 e. The van der Waals surface area contributed by atoms with E-state index < -0.39 is 0 Å². The van der Waals surface area contributed by atoms with Gasteiger partial charge in [0.25, 0.3) is 0 Å². The second kappa shape index (κ2) is 7.98. The maximum Gasteiger partial charge on any atom is 0.319 e. The van der Waals surface area contributed by atoms with Crippen molar-refractivity contribution < 1.29 is 14.3 Å². The molecule has 1 aliphatic rings. The zero-order chi connectivity index (χ0) is 18.6. The summed E-state index contributed by atoms with van der Waals surface area (Å²) in [5.74, 6) is 1.38. The molecule has 2 heterocycles. The Bertz CT molecular complexity index is 915. The molecule has 6 nitrogen and oxygen atoms in total. The number of carbonyl (C=O) groups excluding carboxylic acids is 1.